The molecule has 1 saturated carbocycles. The van der Waals surface area contributed by atoms with Crippen LogP contribution in [0.3, 0.4) is 0 Å². The number of hydrogen-bond acceptors (Lipinski definition) is 3. The Balaban J connectivity index is 2.14. The molecule has 0 aliphatic heterocycles. The van der Waals surface area contributed by atoms with Crippen molar-refractivity contribution >= 4 is 0 Å². The van der Waals surface area contributed by atoms with Crippen LogP contribution in [0.2, 0.25) is 0 Å². The third-order valence-electron chi connectivity index (χ3n) is 4.12. The van der Waals surface area contributed by atoms with E-state index < -0.39 is 0 Å². The van der Waals surface area contributed by atoms with E-state index in [1.807, 2.05) is 13.0 Å². The van der Waals surface area contributed by atoms with Gasteiger partial charge in [0, 0.05) is 0 Å². The summed E-state index contributed by atoms with van der Waals surface area (Å²) in [6.45, 7) is 2.03. The molecule has 0 saturated heterocycles. The molecule has 0 radical (unpaired) electrons. The summed E-state index contributed by atoms with van der Waals surface area (Å²) in [7, 11) is 3.42. The predicted octanol–water partition coefficient (Wildman–Crippen LogP) is 3.11. The molecule has 1 aliphatic carbocycles. The van der Waals surface area contributed by atoms with Crippen molar-refractivity contribution < 1.29 is 14.6 Å². The molecular formula is C16H24O3. The second-order valence-electron chi connectivity index (χ2n) is 5.51. The Morgan fingerprint density at radius 3 is 2.26 bits per heavy atom. The van der Waals surface area contributed by atoms with E-state index in [4.69, 9.17) is 9.47 Å². The topological polar surface area (TPSA) is 38.7 Å². The summed E-state index contributed by atoms with van der Waals surface area (Å²) >= 11 is 0. The van der Waals surface area contributed by atoms with Gasteiger partial charge in [-0.1, -0.05) is 0 Å². The number of aliphatic hydroxyl groups is 1. The van der Waals surface area contributed by atoms with Gasteiger partial charge in [-0.05, 0) is 68.2 Å². The van der Waals surface area contributed by atoms with E-state index in [-0.39, 0.29) is 6.10 Å². The summed E-state index contributed by atoms with van der Waals surface area (Å²) in [5, 5.41) is 9.57. The number of methoxy groups -OCH3 is 2. The summed E-state index contributed by atoms with van der Waals surface area (Å²) in [5.41, 5.74) is 2.31. The molecule has 3 heteroatoms. The van der Waals surface area contributed by atoms with E-state index in [1.54, 1.807) is 14.2 Å². The van der Waals surface area contributed by atoms with Crippen LogP contribution >= 0.6 is 0 Å². The van der Waals surface area contributed by atoms with Crippen molar-refractivity contribution in [3.05, 3.63) is 23.3 Å². The zero-order valence-electron chi connectivity index (χ0n) is 12.1. The fraction of sp³-hybridized carbons (Fsp3) is 0.625. The van der Waals surface area contributed by atoms with Crippen molar-refractivity contribution in [2.24, 2.45) is 5.92 Å². The predicted molar refractivity (Wildman–Crippen MR) is 76.0 cm³/mol. The molecule has 1 fully saturated rings. The van der Waals surface area contributed by atoms with Crippen LogP contribution in [-0.2, 0) is 6.42 Å². The second kappa shape index (κ2) is 6.29. The number of ether oxygens (including phenoxy) is 2. The Labute approximate surface area is 115 Å². The lowest BCUT2D eigenvalue weighted by Gasteiger charge is -2.26. The molecule has 0 spiro atoms. The number of aryl methyl sites for hydroxylation is 1. The maximum atomic E-state index is 9.57. The van der Waals surface area contributed by atoms with E-state index >= 15 is 0 Å². The number of rotatable bonds is 4. The largest absolute Gasteiger partial charge is 0.496 e. The summed E-state index contributed by atoms with van der Waals surface area (Å²) in [5.74, 6) is 2.51. The minimum Gasteiger partial charge on any atom is -0.496 e. The average molecular weight is 264 g/mol. The SMILES string of the molecule is COc1cc(CC2CCC(O)CC2)c(OC)cc1C. The Morgan fingerprint density at radius 2 is 1.68 bits per heavy atom. The van der Waals surface area contributed by atoms with Gasteiger partial charge < -0.3 is 14.6 Å². The Bertz CT molecular complexity index is 420. The van der Waals surface area contributed by atoms with Crippen molar-refractivity contribution in [3.8, 4) is 11.5 Å². The van der Waals surface area contributed by atoms with Gasteiger partial charge in [-0.3, -0.25) is 0 Å². The maximum Gasteiger partial charge on any atom is 0.122 e. The van der Waals surface area contributed by atoms with E-state index in [2.05, 4.69) is 6.07 Å². The molecule has 0 aromatic heterocycles. The highest BCUT2D eigenvalue weighted by molar-refractivity contribution is 5.46. The van der Waals surface area contributed by atoms with Gasteiger partial charge in [0.05, 0.1) is 20.3 Å². The fourth-order valence-electron chi connectivity index (χ4n) is 2.93. The molecule has 19 heavy (non-hydrogen) atoms. The van der Waals surface area contributed by atoms with Crippen molar-refractivity contribution in [1.82, 2.24) is 0 Å². The maximum absolute atomic E-state index is 9.57. The van der Waals surface area contributed by atoms with E-state index in [0.717, 1.165) is 49.2 Å². The fourth-order valence-corrected chi connectivity index (χ4v) is 2.93. The summed E-state index contributed by atoms with van der Waals surface area (Å²) in [6, 6.07) is 4.14. The van der Waals surface area contributed by atoms with Crippen LogP contribution in [0.5, 0.6) is 11.5 Å². The number of aliphatic hydroxyl groups excluding tert-OH is 1. The van der Waals surface area contributed by atoms with Crippen LogP contribution in [0, 0.1) is 12.8 Å². The molecular weight excluding hydrogens is 240 g/mol. The first-order valence-electron chi connectivity index (χ1n) is 7.03. The molecule has 1 aromatic carbocycles. The Morgan fingerprint density at radius 1 is 1.05 bits per heavy atom. The average Bonchev–Trinajstić information content (AvgIpc) is 2.42. The molecule has 1 aliphatic rings. The zero-order valence-corrected chi connectivity index (χ0v) is 12.1. The summed E-state index contributed by atoms with van der Waals surface area (Å²) in [6.07, 6.45) is 4.96. The first-order valence-corrected chi connectivity index (χ1v) is 7.03. The number of hydrogen-bond donors (Lipinski definition) is 1. The standard InChI is InChI=1S/C16H24O3/c1-11-8-16(19-3)13(10-15(11)18-2)9-12-4-6-14(17)7-5-12/h8,10,12,14,17H,4-7,9H2,1-3H3. The lowest BCUT2D eigenvalue weighted by atomic mass is 9.83. The Kier molecular flexibility index (Phi) is 4.70. The lowest BCUT2D eigenvalue weighted by molar-refractivity contribution is 0.108. The Hall–Kier alpha value is -1.22. The van der Waals surface area contributed by atoms with Gasteiger partial charge in [-0.25, -0.2) is 0 Å². The molecule has 0 amide bonds. The lowest BCUT2D eigenvalue weighted by Crippen LogP contribution is -2.19. The van der Waals surface area contributed by atoms with Crippen LogP contribution in [0.15, 0.2) is 12.1 Å². The van der Waals surface area contributed by atoms with Crippen molar-refractivity contribution in [2.75, 3.05) is 14.2 Å². The quantitative estimate of drug-likeness (QED) is 0.908. The summed E-state index contributed by atoms with van der Waals surface area (Å²) < 4.78 is 10.9. The number of benzene rings is 1. The van der Waals surface area contributed by atoms with Crippen LogP contribution in [0.1, 0.15) is 36.8 Å². The normalized spacial score (nSPS) is 23.2. The minimum atomic E-state index is -0.0919. The van der Waals surface area contributed by atoms with Gasteiger partial charge in [-0.2, -0.15) is 0 Å². The van der Waals surface area contributed by atoms with Gasteiger partial charge in [0.2, 0.25) is 0 Å². The van der Waals surface area contributed by atoms with Gasteiger partial charge >= 0.3 is 0 Å². The van der Waals surface area contributed by atoms with Gasteiger partial charge in [-0.15, -0.1) is 0 Å². The molecule has 0 bridgehead atoms. The van der Waals surface area contributed by atoms with Crippen molar-refractivity contribution in [3.63, 3.8) is 0 Å². The van der Waals surface area contributed by atoms with Gasteiger partial charge in [0.15, 0.2) is 0 Å². The molecule has 2 rings (SSSR count). The van der Waals surface area contributed by atoms with Crippen LogP contribution in [0.25, 0.3) is 0 Å². The smallest absolute Gasteiger partial charge is 0.122 e. The highest BCUT2D eigenvalue weighted by atomic mass is 16.5. The molecule has 3 nitrogen and oxygen atoms in total. The van der Waals surface area contributed by atoms with Gasteiger partial charge in [0.1, 0.15) is 11.5 Å². The van der Waals surface area contributed by atoms with E-state index in [9.17, 15) is 5.11 Å². The third-order valence-corrected chi connectivity index (χ3v) is 4.12. The van der Waals surface area contributed by atoms with Crippen LogP contribution < -0.4 is 9.47 Å². The monoisotopic (exact) mass is 264 g/mol. The molecule has 0 heterocycles. The van der Waals surface area contributed by atoms with Crippen LogP contribution in [-0.4, -0.2) is 25.4 Å². The first-order chi connectivity index (χ1) is 9.13. The van der Waals surface area contributed by atoms with E-state index in [1.165, 1.54) is 5.56 Å². The molecule has 0 atom stereocenters. The molecule has 1 N–H and O–H groups in total. The van der Waals surface area contributed by atoms with Crippen LogP contribution in [0.4, 0.5) is 0 Å². The highest BCUT2D eigenvalue weighted by Gasteiger charge is 2.21. The highest BCUT2D eigenvalue weighted by Crippen LogP contribution is 2.33. The minimum absolute atomic E-state index is 0.0919. The third kappa shape index (κ3) is 3.41. The summed E-state index contributed by atoms with van der Waals surface area (Å²) in [4.78, 5) is 0. The van der Waals surface area contributed by atoms with Crippen molar-refractivity contribution in [1.29, 1.82) is 0 Å². The molecule has 106 valence electrons. The van der Waals surface area contributed by atoms with Crippen molar-refractivity contribution in [2.45, 2.75) is 45.1 Å². The second-order valence-corrected chi connectivity index (χ2v) is 5.51. The molecule has 0 unspecified atom stereocenters. The molecule has 1 aromatic rings. The van der Waals surface area contributed by atoms with E-state index in [0.29, 0.717) is 5.92 Å². The first kappa shape index (κ1) is 14.2. The zero-order chi connectivity index (χ0) is 13.8. The van der Waals surface area contributed by atoms with Gasteiger partial charge in [0.25, 0.3) is 0 Å².